The van der Waals surface area contributed by atoms with Crippen molar-refractivity contribution in [2.24, 2.45) is 0 Å². The Morgan fingerprint density at radius 2 is 1.48 bits per heavy atom. The van der Waals surface area contributed by atoms with Crippen molar-refractivity contribution in [1.29, 1.82) is 0 Å². The first-order valence-electron chi connectivity index (χ1n) is 12.4. The number of benzene rings is 2. The van der Waals surface area contributed by atoms with Crippen molar-refractivity contribution < 1.29 is 48.9 Å². The first kappa shape index (κ1) is 31.5. The molecule has 40 heavy (non-hydrogen) atoms. The molecule has 0 heterocycles. The summed E-state index contributed by atoms with van der Waals surface area (Å²) >= 11 is 0. The zero-order valence-corrected chi connectivity index (χ0v) is 21.8. The highest BCUT2D eigenvalue weighted by molar-refractivity contribution is 6.12. The molecule has 2 aromatic rings. The molecule has 12 nitrogen and oxygen atoms in total. The third-order valence-electron chi connectivity index (χ3n) is 5.59. The number of hydrogen-bond acceptors (Lipinski definition) is 9. The van der Waals surface area contributed by atoms with Gasteiger partial charge in [-0.15, -0.1) is 0 Å². The van der Waals surface area contributed by atoms with E-state index in [4.69, 9.17) is 14.7 Å². The maximum atomic E-state index is 12.5. The predicted octanol–water partition coefficient (Wildman–Crippen LogP) is 2.79. The van der Waals surface area contributed by atoms with Gasteiger partial charge in [-0.3, -0.25) is 14.4 Å². The zero-order chi connectivity index (χ0) is 29.5. The van der Waals surface area contributed by atoms with Crippen LogP contribution in [0.2, 0.25) is 0 Å². The summed E-state index contributed by atoms with van der Waals surface area (Å²) in [6.07, 6.45) is 4.36. The molecular weight excluding hydrogens is 524 g/mol. The summed E-state index contributed by atoms with van der Waals surface area (Å²) in [4.78, 5) is 64.6. The third-order valence-corrected chi connectivity index (χ3v) is 5.59. The summed E-state index contributed by atoms with van der Waals surface area (Å²) in [6.45, 7) is 2.56. The number of carbonyl (C=O) groups excluding carboxylic acids is 3. The van der Waals surface area contributed by atoms with E-state index in [2.05, 4.69) is 10.8 Å². The fourth-order valence-corrected chi connectivity index (χ4v) is 3.62. The monoisotopic (exact) mass is 554 g/mol. The van der Waals surface area contributed by atoms with Gasteiger partial charge in [-0.1, -0.05) is 12.8 Å². The molecule has 0 aromatic heterocycles. The van der Waals surface area contributed by atoms with Crippen molar-refractivity contribution in [3.63, 3.8) is 0 Å². The van der Waals surface area contributed by atoms with E-state index in [1.54, 1.807) is 6.92 Å². The molecule has 0 saturated carbocycles. The molecule has 0 radical (unpaired) electrons. The number of Topliss-reactive ketones (excluding diaryl/α,β-unsaturated/α-hetero) is 1. The molecule has 0 aliphatic rings. The molecule has 2 rings (SSSR count). The Hall–Kier alpha value is -4.73. The number of esters is 1. The van der Waals surface area contributed by atoms with Crippen LogP contribution in [-0.2, 0) is 16.2 Å². The SMILES string of the molecule is CCOC(=O)c1ccc(C(=O)O)c(CONCCCCCCNC(=O)c2cc(C(=O)C#CO)ccc2C(=O)O)c1. The van der Waals surface area contributed by atoms with Gasteiger partial charge in [-0.05, 0) is 61.7 Å². The van der Waals surface area contributed by atoms with Crippen LogP contribution in [0.4, 0.5) is 0 Å². The number of unbranched alkanes of at least 4 members (excludes halogenated alkanes) is 3. The van der Waals surface area contributed by atoms with E-state index in [0.29, 0.717) is 18.5 Å². The highest BCUT2D eigenvalue weighted by Crippen LogP contribution is 2.15. The summed E-state index contributed by atoms with van der Waals surface area (Å²) in [5, 5.41) is 29.9. The van der Waals surface area contributed by atoms with Crippen LogP contribution in [0.25, 0.3) is 0 Å². The van der Waals surface area contributed by atoms with Crippen LogP contribution in [0.5, 0.6) is 0 Å². The fourth-order valence-electron chi connectivity index (χ4n) is 3.62. The van der Waals surface area contributed by atoms with Gasteiger partial charge in [-0.2, -0.15) is 0 Å². The first-order valence-corrected chi connectivity index (χ1v) is 12.4. The number of ether oxygens (including phenoxy) is 1. The molecule has 0 saturated heterocycles. The molecule has 0 fully saturated rings. The predicted molar refractivity (Wildman–Crippen MR) is 140 cm³/mol. The minimum Gasteiger partial charge on any atom is -0.478 e. The van der Waals surface area contributed by atoms with Gasteiger partial charge in [0.05, 0.1) is 35.5 Å². The Bertz CT molecular complexity index is 1310. The molecule has 2 aromatic carbocycles. The molecular formula is C28H30N2O10. The minimum atomic E-state index is -1.32. The summed E-state index contributed by atoms with van der Waals surface area (Å²) in [5.74, 6) is -2.49. The first-order chi connectivity index (χ1) is 19.2. The average Bonchev–Trinajstić information content (AvgIpc) is 2.93. The molecule has 0 unspecified atom stereocenters. The van der Waals surface area contributed by atoms with Crippen LogP contribution < -0.4 is 10.8 Å². The topological polar surface area (TPSA) is 189 Å². The second-order valence-corrected chi connectivity index (χ2v) is 8.38. The fraction of sp³-hybridized carbons (Fsp3) is 0.321. The minimum absolute atomic E-state index is 0.0164. The number of carbonyl (C=O) groups is 5. The lowest BCUT2D eigenvalue weighted by Gasteiger charge is -2.11. The molecule has 0 bridgehead atoms. The van der Waals surface area contributed by atoms with Crippen molar-refractivity contribution >= 4 is 29.6 Å². The summed E-state index contributed by atoms with van der Waals surface area (Å²) < 4.78 is 4.94. The normalized spacial score (nSPS) is 10.2. The lowest BCUT2D eigenvalue weighted by Crippen LogP contribution is -2.26. The zero-order valence-electron chi connectivity index (χ0n) is 21.8. The Morgan fingerprint density at radius 3 is 2.12 bits per heavy atom. The molecule has 0 atom stereocenters. The number of ketones is 1. The number of aromatic carboxylic acids is 2. The quantitative estimate of drug-likeness (QED) is 0.0674. The van der Waals surface area contributed by atoms with Gasteiger partial charge in [0.1, 0.15) is 6.11 Å². The number of rotatable bonds is 16. The van der Waals surface area contributed by atoms with E-state index in [1.165, 1.54) is 30.4 Å². The standard InChI is InChI=1S/C28H30N2O10/c1-2-39-28(38)19-8-9-21(26(34)35)20(15-19)17-40-30-13-6-4-3-5-12-29-25(33)23-16-18(24(32)11-14-31)7-10-22(23)27(36)37/h7-10,15-16,30-31H,2-6,12-13,17H2,1H3,(H,29,33)(H,34,35)(H,36,37). The Balaban J connectivity index is 1.73. The summed E-state index contributed by atoms with van der Waals surface area (Å²) in [6, 6.07) is 7.63. The number of carboxylic acid groups (broad SMARTS) is 2. The number of carboxylic acids is 2. The van der Waals surface area contributed by atoms with E-state index in [1.807, 2.05) is 5.92 Å². The maximum Gasteiger partial charge on any atom is 0.338 e. The molecule has 212 valence electrons. The van der Waals surface area contributed by atoms with Crippen LogP contribution in [-0.4, -0.2) is 64.6 Å². The van der Waals surface area contributed by atoms with Crippen LogP contribution >= 0.6 is 0 Å². The molecule has 0 aliphatic carbocycles. The highest BCUT2D eigenvalue weighted by Gasteiger charge is 2.19. The second-order valence-electron chi connectivity index (χ2n) is 8.38. The van der Waals surface area contributed by atoms with Gasteiger partial charge < -0.3 is 25.4 Å². The van der Waals surface area contributed by atoms with Gasteiger partial charge in [0.25, 0.3) is 5.91 Å². The van der Waals surface area contributed by atoms with Crippen molar-refractivity contribution in [1.82, 2.24) is 10.8 Å². The molecule has 5 N–H and O–H groups in total. The Labute approximate surface area is 230 Å². The van der Waals surface area contributed by atoms with Crippen molar-refractivity contribution in [2.75, 3.05) is 19.7 Å². The molecule has 1 amide bonds. The van der Waals surface area contributed by atoms with Crippen molar-refractivity contribution in [2.45, 2.75) is 39.2 Å². The van der Waals surface area contributed by atoms with E-state index in [-0.39, 0.29) is 47.6 Å². The van der Waals surface area contributed by atoms with Gasteiger partial charge in [0.15, 0.2) is 0 Å². The number of nitrogens with one attached hydrogen (secondary N) is 2. The van der Waals surface area contributed by atoms with Gasteiger partial charge in [0.2, 0.25) is 5.78 Å². The lowest BCUT2D eigenvalue weighted by atomic mass is 10.0. The van der Waals surface area contributed by atoms with Gasteiger partial charge in [0, 0.05) is 24.6 Å². The van der Waals surface area contributed by atoms with E-state index in [0.717, 1.165) is 31.4 Å². The van der Waals surface area contributed by atoms with E-state index >= 15 is 0 Å². The Kier molecular flexibility index (Phi) is 12.8. The molecule has 0 aliphatic heterocycles. The van der Waals surface area contributed by atoms with E-state index in [9.17, 15) is 34.2 Å². The van der Waals surface area contributed by atoms with Crippen LogP contribution in [0.15, 0.2) is 36.4 Å². The number of hydrogen-bond donors (Lipinski definition) is 5. The number of amides is 1. The number of hydroxylamine groups is 1. The van der Waals surface area contributed by atoms with Crippen LogP contribution in [0, 0.1) is 12.0 Å². The third kappa shape index (κ3) is 9.54. The van der Waals surface area contributed by atoms with Crippen LogP contribution in [0.1, 0.15) is 90.0 Å². The van der Waals surface area contributed by atoms with Crippen molar-refractivity contribution in [3.8, 4) is 12.0 Å². The second kappa shape index (κ2) is 16.3. The lowest BCUT2D eigenvalue weighted by molar-refractivity contribution is 0.0262. The largest absolute Gasteiger partial charge is 0.478 e. The highest BCUT2D eigenvalue weighted by atomic mass is 16.6. The van der Waals surface area contributed by atoms with Gasteiger partial charge in [-0.25, -0.2) is 19.9 Å². The van der Waals surface area contributed by atoms with Crippen molar-refractivity contribution in [3.05, 3.63) is 69.8 Å². The van der Waals surface area contributed by atoms with Crippen LogP contribution in [0.3, 0.4) is 0 Å². The number of aliphatic hydroxyl groups is 1. The molecule has 12 heteroatoms. The van der Waals surface area contributed by atoms with E-state index < -0.39 is 29.6 Å². The summed E-state index contributed by atoms with van der Waals surface area (Å²) in [5.41, 5.74) is 2.87. The average molecular weight is 555 g/mol. The Morgan fingerprint density at radius 1 is 0.825 bits per heavy atom. The smallest absolute Gasteiger partial charge is 0.338 e. The maximum absolute atomic E-state index is 12.5. The summed E-state index contributed by atoms with van der Waals surface area (Å²) in [7, 11) is 0. The number of aliphatic hydroxyl groups excluding tert-OH is 1. The molecule has 0 spiro atoms. The van der Waals surface area contributed by atoms with Gasteiger partial charge >= 0.3 is 17.9 Å².